The number of halogens is 2. The Morgan fingerprint density at radius 1 is 1.40 bits per heavy atom. The van der Waals surface area contributed by atoms with Gasteiger partial charge in [-0.2, -0.15) is 5.26 Å². The average molecular weight is 280 g/mol. The number of rotatable bonds is 6. The van der Waals surface area contributed by atoms with Crippen LogP contribution >= 0.6 is 0 Å². The molecule has 1 aromatic rings. The van der Waals surface area contributed by atoms with Crippen molar-refractivity contribution in [1.82, 2.24) is 5.32 Å². The average Bonchev–Trinajstić information content (AvgIpc) is 2.38. The third kappa shape index (κ3) is 5.35. The van der Waals surface area contributed by atoms with Crippen molar-refractivity contribution in [2.24, 2.45) is 5.92 Å². The molecule has 1 atom stereocenters. The molecule has 0 saturated heterocycles. The van der Waals surface area contributed by atoms with Crippen molar-refractivity contribution < 1.29 is 13.6 Å². The summed E-state index contributed by atoms with van der Waals surface area (Å²) in [6.45, 7) is 3.91. The Labute approximate surface area is 117 Å². The maximum atomic E-state index is 13.4. The van der Waals surface area contributed by atoms with Crippen LogP contribution in [-0.2, 0) is 11.2 Å². The summed E-state index contributed by atoms with van der Waals surface area (Å²) in [5.74, 6) is -1.10. The quantitative estimate of drug-likeness (QED) is 0.871. The molecule has 1 amide bonds. The van der Waals surface area contributed by atoms with Crippen LogP contribution in [0.4, 0.5) is 8.78 Å². The van der Waals surface area contributed by atoms with Gasteiger partial charge in [-0.1, -0.05) is 13.8 Å². The molecule has 1 N–H and O–H groups in total. The van der Waals surface area contributed by atoms with Gasteiger partial charge in [0.1, 0.15) is 17.7 Å². The van der Waals surface area contributed by atoms with Gasteiger partial charge in [-0.05, 0) is 42.5 Å². The molecule has 0 fully saturated rings. The number of nitrogens with one attached hydrogen (secondary N) is 1. The fourth-order valence-corrected chi connectivity index (χ4v) is 1.86. The van der Waals surface area contributed by atoms with Crippen LogP contribution in [0.15, 0.2) is 18.2 Å². The van der Waals surface area contributed by atoms with Crippen LogP contribution in [0.5, 0.6) is 0 Å². The molecule has 0 bridgehead atoms. The normalized spacial score (nSPS) is 12.0. The zero-order chi connectivity index (χ0) is 15.1. The van der Waals surface area contributed by atoms with E-state index in [1.807, 2.05) is 19.9 Å². The summed E-state index contributed by atoms with van der Waals surface area (Å²) in [6.07, 6.45) is 0.697. The van der Waals surface area contributed by atoms with E-state index in [0.29, 0.717) is 12.3 Å². The van der Waals surface area contributed by atoms with Crippen LogP contribution in [-0.4, -0.2) is 11.9 Å². The predicted molar refractivity (Wildman–Crippen MR) is 71.7 cm³/mol. The van der Waals surface area contributed by atoms with Crippen LogP contribution in [0.3, 0.4) is 0 Å². The molecule has 1 aromatic carbocycles. The van der Waals surface area contributed by atoms with E-state index in [0.717, 1.165) is 18.2 Å². The minimum atomic E-state index is -0.542. The maximum Gasteiger partial charge on any atom is 0.221 e. The summed E-state index contributed by atoms with van der Waals surface area (Å²) in [7, 11) is 0. The van der Waals surface area contributed by atoms with E-state index in [-0.39, 0.29) is 24.3 Å². The standard InChI is InChI=1S/C15H18F2N2O/c1-10(2)7-13(9-18)19-15(20)6-3-11-8-12(16)4-5-14(11)17/h4-5,8,10,13H,3,6-7H2,1-2H3,(H,19,20). The number of aryl methyl sites for hydroxylation is 1. The Kier molecular flexibility index (Phi) is 6.10. The molecule has 0 radical (unpaired) electrons. The molecular formula is C15H18F2N2O. The second-order valence-corrected chi connectivity index (χ2v) is 5.11. The van der Waals surface area contributed by atoms with Gasteiger partial charge in [-0.15, -0.1) is 0 Å². The first-order valence-corrected chi connectivity index (χ1v) is 6.55. The van der Waals surface area contributed by atoms with Gasteiger partial charge in [0.05, 0.1) is 6.07 Å². The van der Waals surface area contributed by atoms with Crippen molar-refractivity contribution in [2.75, 3.05) is 0 Å². The lowest BCUT2D eigenvalue weighted by atomic mass is 10.0. The smallest absolute Gasteiger partial charge is 0.221 e. The first kappa shape index (κ1) is 16.1. The van der Waals surface area contributed by atoms with Crippen molar-refractivity contribution in [3.63, 3.8) is 0 Å². The number of hydrogen-bond acceptors (Lipinski definition) is 2. The van der Waals surface area contributed by atoms with Crippen LogP contribution < -0.4 is 5.32 Å². The number of carbonyl (C=O) groups excluding carboxylic acids is 1. The largest absolute Gasteiger partial charge is 0.340 e. The monoisotopic (exact) mass is 280 g/mol. The number of amides is 1. The van der Waals surface area contributed by atoms with Crippen molar-refractivity contribution in [1.29, 1.82) is 5.26 Å². The summed E-state index contributed by atoms with van der Waals surface area (Å²) in [5, 5.41) is 11.5. The number of hydrogen-bond donors (Lipinski definition) is 1. The number of carbonyl (C=O) groups is 1. The van der Waals surface area contributed by atoms with Crippen molar-refractivity contribution in [3.05, 3.63) is 35.4 Å². The highest BCUT2D eigenvalue weighted by molar-refractivity contribution is 5.76. The van der Waals surface area contributed by atoms with E-state index in [1.165, 1.54) is 0 Å². The highest BCUT2D eigenvalue weighted by Gasteiger charge is 2.14. The SMILES string of the molecule is CC(C)CC(C#N)NC(=O)CCc1cc(F)ccc1F. The molecule has 0 spiro atoms. The first-order valence-electron chi connectivity index (χ1n) is 6.55. The molecule has 3 nitrogen and oxygen atoms in total. The lowest BCUT2D eigenvalue weighted by molar-refractivity contribution is -0.121. The first-order chi connectivity index (χ1) is 9.42. The van der Waals surface area contributed by atoms with Crippen molar-refractivity contribution in [3.8, 4) is 6.07 Å². The van der Waals surface area contributed by atoms with Gasteiger partial charge in [0, 0.05) is 6.42 Å². The van der Waals surface area contributed by atoms with Crippen LogP contribution in [0.1, 0.15) is 32.3 Å². The van der Waals surface area contributed by atoms with Gasteiger partial charge in [-0.3, -0.25) is 4.79 Å². The molecule has 1 unspecified atom stereocenters. The molecule has 0 aliphatic carbocycles. The zero-order valence-electron chi connectivity index (χ0n) is 11.6. The summed E-state index contributed by atoms with van der Waals surface area (Å²) >= 11 is 0. The second kappa shape index (κ2) is 7.59. The van der Waals surface area contributed by atoms with E-state index in [4.69, 9.17) is 5.26 Å². The minimum Gasteiger partial charge on any atom is -0.340 e. The van der Waals surface area contributed by atoms with E-state index < -0.39 is 17.7 Å². The highest BCUT2D eigenvalue weighted by Crippen LogP contribution is 2.12. The molecule has 108 valence electrons. The Bertz CT molecular complexity index is 509. The van der Waals surface area contributed by atoms with Gasteiger partial charge in [0.2, 0.25) is 5.91 Å². The lowest BCUT2D eigenvalue weighted by Gasteiger charge is -2.13. The van der Waals surface area contributed by atoms with Gasteiger partial charge in [-0.25, -0.2) is 8.78 Å². The summed E-state index contributed by atoms with van der Waals surface area (Å²) < 4.78 is 26.3. The number of nitrogens with zero attached hydrogens (tertiary/aromatic N) is 1. The van der Waals surface area contributed by atoms with Crippen LogP contribution in [0.2, 0.25) is 0 Å². The summed E-state index contributed by atoms with van der Waals surface area (Å²) in [4.78, 5) is 11.7. The Morgan fingerprint density at radius 2 is 2.10 bits per heavy atom. The number of nitriles is 1. The van der Waals surface area contributed by atoms with Crippen molar-refractivity contribution in [2.45, 2.75) is 39.2 Å². The second-order valence-electron chi connectivity index (χ2n) is 5.11. The third-order valence-corrected chi connectivity index (χ3v) is 2.83. The van der Waals surface area contributed by atoms with Gasteiger partial charge >= 0.3 is 0 Å². The van der Waals surface area contributed by atoms with E-state index in [2.05, 4.69) is 5.32 Å². The van der Waals surface area contributed by atoms with Crippen LogP contribution in [0.25, 0.3) is 0 Å². The molecule has 0 heterocycles. The Balaban J connectivity index is 2.51. The van der Waals surface area contributed by atoms with Crippen molar-refractivity contribution >= 4 is 5.91 Å². The molecule has 0 saturated carbocycles. The zero-order valence-corrected chi connectivity index (χ0v) is 11.6. The predicted octanol–water partition coefficient (Wildman–Crippen LogP) is 2.95. The van der Waals surface area contributed by atoms with Gasteiger partial charge in [0.25, 0.3) is 0 Å². The fourth-order valence-electron chi connectivity index (χ4n) is 1.86. The molecule has 0 aliphatic heterocycles. The molecule has 20 heavy (non-hydrogen) atoms. The summed E-state index contributed by atoms with van der Waals surface area (Å²) in [6, 6.07) is 4.63. The molecular weight excluding hydrogens is 262 g/mol. The molecule has 0 aromatic heterocycles. The molecule has 1 rings (SSSR count). The van der Waals surface area contributed by atoms with E-state index >= 15 is 0 Å². The topological polar surface area (TPSA) is 52.9 Å². The lowest BCUT2D eigenvalue weighted by Crippen LogP contribution is -2.34. The fraction of sp³-hybridized carbons (Fsp3) is 0.467. The molecule has 0 aliphatic rings. The van der Waals surface area contributed by atoms with E-state index in [9.17, 15) is 13.6 Å². The summed E-state index contributed by atoms with van der Waals surface area (Å²) in [5.41, 5.74) is 0.164. The Hall–Kier alpha value is -1.96. The minimum absolute atomic E-state index is 0.0245. The van der Waals surface area contributed by atoms with Gasteiger partial charge in [0.15, 0.2) is 0 Å². The van der Waals surface area contributed by atoms with E-state index in [1.54, 1.807) is 0 Å². The Morgan fingerprint density at radius 3 is 2.70 bits per heavy atom. The molecule has 5 heteroatoms. The maximum absolute atomic E-state index is 13.4. The number of benzene rings is 1. The van der Waals surface area contributed by atoms with Crippen LogP contribution in [0, 0.1) is 28.9 Å². The highest BCUT2D eigenvalue weighted by atomic mass is 19.1. The van der Waals surface area contributed by atoms with Gasteiger partial charge < -0.3 is 5.32 Å². The third-order valence-electron chi connectivity index (χ3n) is 2.83.